The first-order valence-corrected chi connectivity index (χ1v) is 10.2. The molecule has 1 saturated heterocycles. The molecule has 2 aromatic carbocycles. The Balaban J connectivity index is 1.23. The number of hydrogen-bond donors (Lipinski definition) is 1. The summed E-state index contributed by atoms with van der Waals surface area (Å²) in [5, 5.41) is 3.15. The van der Waals surface area contributed by atoms with Gasteiger partial charge in [0.1, 0.15) is 12.4 Å². The van der Waals surface area contributed by atoms with Crippen LogP contribution in [0.1, 0.15) is 12.5 Å². The van der Waals surface area contributed by atoms with Crippen LogP contribution in [-0.4, -0.2) is 56.2 Å². The second-order valence-electron chi connectivity index (χ2n) is 7.77. The summed E-state index contributed by atoms with van der Waals surface area (Å²) >= 11 is 0. The predicted molar refractivity (Wildman–Crippen MR) is 112 cm³/mol. The largest absolute Gasteiger partial charge is 0.492 e. The fraction of sp³-hybridized carbons (Fsp3) is 0.435. The highest BCUT2D eigenvalue weighted by Crippen LogP contribution is 2.26. The van der Waals surface area contributed by atoms with Gasteiger partial charge in [-0.2, -0.15) is 0 Å². The van der Waals surface area contributed by atoms with E-state index in [1.807, 2.05) is 24.3 Å². The molecule has 1 fully saturated rings. The minimum atomic E-state index is -0.1000. The van der Waals surface area contributed by atoms with Crippen LogP contribution < -0.4 is 15.0 Å². The number of amides is 1. The summed E-state index contributed by atoms with van der Waals surface area (Å²) < 4.78 is 5.76. The van der Waals surface area contributed by atoms with Gasteiger partial charge in [-0.25, -0.2) is 0 Å². The number of carbonyl (C=O) groups is 1. The molecule has 0 aromatic heterocycles. The summed E-state index contributed by atoms with van der Waals surface area (Å²) in [6, 6.07) is 18.9. The molecule has 148 valence electrons. The Labute approximate surface area is 167 Å². The van der Waals surface area contributed by atoms with Gasteiger partial charge in [-0.3, -0.25) is 9.69 Å². The molecule has 4 rings (SSSR count). The van der Waals surface area contributed by atoms with Gasteiger partial charge in [0, 0.05) is 44.5 Å². The molecule has 0 saturated carbocycles. The fourth-order valence-electron chi connectivity index (χ4n) is 4.08. The third-order valence-corrected chi connectivity index (χ3v) is 5.88. The first-order chi connectivity index (χ1) is 13.7. The first kappa shape index (κ1) is 18.8. The van der Waals surface area contributed by atoms with Crippen LogP contribution in [0, 0.1) is 5.92 Å². The highest BCUT2D eigenvalue weighted by molar-refractivity contribution is 5.79. The quantitative estimate of drug-likeness (QED) is 0.867. The van der Waals surface area contributed by atoms with Crippen molar-refractivity contribution in [2.75, 3.05) is 44.2 Å². The van der Waals surface area contributed by atoms with E-state index in [0.717, 1.165) is 43.9 Å². The monoisotopic (exact) mass is 379 g/mol. The number of nitrogens with one attached hydrogen (secondary N) is 1. The zero-order valence-electron chi connectivity index (χ0n) is 16.5. The lowest BCUT2D eigenvalue weighted by Gasteiger charge is -2.39. The van der Waals surface area contributed by atoms with Crippen molar-refractivity contribution >= 4 is 11.6 Å². The molecule has 1 N–H and O–H groups in total. The summed E-state index contributed by atoms with van der Waals surface area (Å²) in [5.41, 5.74) is 2.42. The predicted octanol–water partition coefficient (Wildman–Crippen LogP) is 2.56. The second-order valence-corrected chi connectivity index (χ2v) is 7.77. The van der Waals surface area contributed by atoms with Crippen molar-refractivity contribution in [1.82, 2.24) is 10.2 Å². The third-order valence-electron chi connectivity index (χ3n) is 5.88. The lowest BCUT2D eigenvalue weighted by atomic mass is 9.96. The molecule has 2 aliphatic rings. The van der Waals surface area contributed by atoms with Gasteiger partial charge in [0.25, 0.3) is 0 Å². The lowest BCUT2D eigenvalue weighted by molar-refractivity contribution is -0.126. The Morgan fingerprint density at radius 2 is 1.79 bits per heavy atom. The summed E-state index contributed by atoms with van der Waals surface area (Å²) in [6.45, 7) is 7.43. The number of nitrogens with zero attached hydrogens (tertiary/aromatic N) is 2. The van der Waals surface area contributed by atoms with Crippen LogP contribution in [0.2, 0.25) is 0 Å². The zero-order chi connectivity index (χ0) is 19.3. The van der Waals surface area contributed by atoms with E-state index in [0.29, 0.717) is 19.2 Å². The highest BCUT2D eigenvalue weighted by atomic mass is 16.5. The van der Waals surface area contributed by atoms with E-state index in [2.05, 4.69) is 52.4 Å². The van der Waals surface area contributed by atoms with Crippen molar-refractivity contribution < 1.29 is 9.53 Å². The van der Waals surface area contributed by atoms with Crippen molar-refractivity contribution in [3.8, 4) is 5.75 Å². The van der Waals surface area contributed by atoms with Crippen molar-refractivity contribution in [1.29, 1.82) is 0 Å². The number of para-hydroxylation sites is 2. The Morgan fingerprint density at radius 1 is 1.07 bits per heavy atom. The first-order valence-electron chi connectivity index (χ1n) is 10.2. The minimum Gasteiger partial charge on any atom is -0.492 e. The van der Waals surface area contributed by atoms with Crippen LogP contribution in [0.4, 0.5) is 5.69 Å². The van der Waals surface area contributed by atoms with E-state index >= 15 is 0 Å². The van der Waals surface area contributed by atoms with Crippen LogP contribution in [0.15, 0.2) is 54.6 Å². The smallest absolute Gasteiger partial charge is 0.226 e. The molecule has 2 unspecified atom stereocenters. The maximum atomic E-state index is 12.6. The van der Waals surface area contributed by atoms with Crippen molar-refractivity contribution in [2.45, 2.75) is 19.4 Å². The fourth-order valence-corrected chi connectivity index (χ4v) is 4.08. The third kappa shape index (κ3) is 4.30. The summed E-state index contributed by atoms with van der Waals surface area (Å²) in [6.07, 6.45) is 0.756. The van der Waals surface area contributed by atoms with Crippen LogP contribution >= 0.6 is 0 Å². The number of piperazine rings is 1. The van der Waals surface area contributed by atoms with E-state index in [1.165, 1.54) is 5.69 Å². The topological polar surface area (TPSA) is 44.8 Å². The lowest BCUT2D eigenvalue weighted by Crippen LogP contribution is -2.53. The molecule has 0 bridgehead atoms. The van der Waals surface area contributed by atoms with E-state index in [-0.39, 0.29) is 11.8 Å². The standard InChI is InChI=1S/C23H29N3O2/c1-18(25-11-13-26(14-12-25)21-8-3-2-4-9-21)16-24-23(27)20-15-19-7-5-6-10-22(19)28-17-20/h2-10,18,20H,11-17H2,1H3,(H,24,27). The molecule has 2 aromatic rings. The molecule has 28 heavy (non-hydrogen) atoms. The van der Waals surface area contributed by atoms with Gasteiger partial charge >= 0.3 is 0 Å². The molecule has 2 aliphatic heterocycles. The van der Waals surface area contributed by atoms with Gasteiger partial charge in [-0.1, -0.05) is 36.4 Å². The number of anilines is 1. The molecule has 0 radical (unpaired) electrons. The molecule has 2 atom stereocenters. The molecule has 1 amide bonds. The molecule has 5 heteroatoms. The van der Waals surface area contributed by atoms with Gasteiger partial charge in [-0.15, -0.1) is 0 Å². The number of fused-ring (bicyclic) bond motifs is 1. The SMILES string of the molecule is CC(CNC(=O)C1COc2ccccc2C1)N1CCN(c2ccccc2)CC1. The number of carbonyl (C=O) groups excluding carboxylic acids is 1. The van der Waals surface area contributed by atoms with E-state index < -0.39 is 0 Å². The van der Waals surface area contributed by atoms with Crippen molar-refractivity contribution in [3.63, 3.8) is 0 Å². The number of benzene rings is 2. The van der Waals surface area contributed by atoms with Gasteiger partial charge in [-0.05, 0) is 37.1 Å². The summed E-state index contributed by atoms with van der Waals surface area (Å²) in [5.74, 6) is 0.914. The van der Waals surface area contributed by atoms with Crippen molar-refractivity contribution in [2.24, 2.45) is 5.92 Å². The zero-order valence-corrected chi connectivity index (χ0v) is 16.5. The Kier molecular flexibility index (Phi) is 5.81. The average molecular weight is 380 g/mol. The van der Waals surface area contributed by atoms with E-state index in [1.54, 1.807) is 0 Å². The average Bonchev–Trinajstić information content (AvgIpc) is 2.77. The molecule has 0 aliphatic carbocycles. The molecular weight excluding hydrogens is 350 g/mol. The number of rotatable bonds is 5. The molecule has 2 heterocycles. The maximum absolute atomic E-state index is 12.6. The summed E-state index contributed by atoms with van der Waals surface area (Å²) in [7, 11) is 0. The van der Waals surface area contributed by atoms with Gasteiger partial charge in [0.15, 0.2) is 0 Å². The Morgan fingerprint density at radius 3 is 2.57 bits per heavy atom. The van der Waals surface area contributed by atoms with Crippen LogP contribution in [0.25, 0.3) is 0 Å². The van der Waals surface area contributed by atoms with E-state index in [9.17, 15) is 4.79 Å². The Hall–Kier alpha value is -2.53. The van der Waals surface area contributed by atoms with Crippen LogP contribution in [-0.2, 0) is 11.2 Å². The maximum Gasteiger partial charge on any atom is 0.226 e. The van der Waals surface area contributed by atoms with Crippen LogP contribution in [0.3, 0.4) is 0 Å². The van der Waals surface area contributed by atoms with Gasteiger partial charge < -0.3 is 15.0 Å². The number of ether oxygens (including phenoxy) is 1. The normalized spacial score (nSPS) is 20.8. The summed E-state index contributed by atoms with van der Waals surface area (Å²) in [4.78, 5) is 17.5. The molecular formula is C23H29N3O2. The highest BCUT2D eigenvalue weighted by Gasteiger charge is 2.27. The number of hydrogen-bond acceptors (Lipinski definition) is 4. The molecule has 0 spiro atoms. The second kappa shape index (κ2) is 8.65. The minimum absolute atomic E-state index is 0.1000. The van der Waals surface area contributed by atoms with Crippen LogP contribution in [0.5, 0.6) is 5.75 Å². The molecule has 5 nitrogen and oxygen atoms in total. The van der Waals surface area contributed by atoms with Gasteiger partial charge in [0.2, 0.25) is 5.91 Å². The van der Waals surface area contributed by atoms with Crippen molar-refractivity contribution in [3.05, 3.63) is 60.2 Å². The van der Waals surface area contributed by atoms with Gasteiger partial charge in [0.05, 0.1) is 5.92 Å². The Bertz CT molecular complexity index is 787. The van der Waals surface area contributed by atoms with E-state index in [4.69, 9.17) is 4.74 Å².